The third-order valence-electron chi connectivity index (χ3n) is 5.03. The van der Waals surface area contributed by atoms with Crippen LogP contribution in [-0.2, 0) is 6.54 Å². The highest BCUT2D eigenvalue weighted by atomic mass is 16.3. The molecule has 0 bridgehead atoms. The van der Waals surface area contributed by atoms with Crippen molar-refractivity contribution in [2.75, 3.05) is 6.54 Å². The number of allylic oxidation sites excluding steroid dienone is 2. The van der Waals surface area contributed by atoms with Crippen LogP contribution in [-0.4, -0.2) is 27.3 Å². The van der Waals surface area contributed by atoms with Crippen molar-refractivity contribution < 1.29 is 9.21 Å². The van der Waals surface area contributed by atoms with Gasteiger partial charge in [-0.15, -0.1) is 0 Å². The zero-order valence-corrected chi connectivity index (χ0v) is 15.7. The summed E-state index contributed by atoms with van der Waals surface area (Å²) in [6.45, 7) is 1.14. The van der Waals surface area contributed by atoms with Crippen LogP contribution in [0, 0.1) is 5.92 Å². The number of carbonyl (C=O) groups excluding carboxylic acids is 1. The molecule has 3 aromatic rings. The van der Waals surface area contributed by atoms with Crippen LogP contribution in [0.3, 0.4) is 0 Å². The molecule has 0 N–H and O–H groups in total. The van der Waals surface area contributed by atoms with Crippen LogP contribution in [0.25, 0.3) is 11.3 Å². The minimum atomic E-state index is -0.118. The van der Waals surface area contributed by atoms with E-state index in [0.717, 1.165) is 30.5 Å². The molecular weight excluding hydrogens is 350 g/mol. The van der Waals surface area contributed by atoms with Crippen molar-refractivity contribution in [3.63, 3.8) is 0 Å². The standard InChI is InChI=1S/C23H23N3O2/c27-23(21-22(28-17-25-21)19-11-5-2-6-12-19)26(15-18-9-3-1-4-10-18)16-20-13-7-8-14-24-20/h1-3,5-8,11-14,17-18H,4,9-10,15-16H2/t18-/m1/s1. The first kappa shape index (κ1) is 18.2. The Labute approximate surface area is 164 Å². The fourth-order valence-corrected chi connectivity index (χ4v) is 3.58. The number of oxazole rings is 1. The van der Waals surface area contributed by atoms with Crippen LogP contribution in [0.1, 0.15) is 35.4 Å². The summed E-state index contributed by atoms with van der Waals surface area (Å²) in [5, 5.41) is 0. The normalized spacial score (nSPS) is 16.1. The summed E-state index contributed by atoms with van der Waals surface area (Å²) >= 11 is 0. The highest BCUT2D eigenvalue weighted by Gasteiger charge is 2.26. The van der Waals surface area contributed by atoms with Gasteiger partial charge in [-0.2, -0.15) is 0 Å². The van der Waals surface area contributed by atoms with Gasteiger partial charge in [-0.05, 0) is 37.3 Å². The summed E-state index contributed by atoms with van der Waals surface area (Å²) in [4.78, 5) is 24.0. The predicted molar refractivity (Wildman–Crippen MR) is 107 cm³/mol. The molecule has 28 heavy (non-hydrogen) atoms. The quantitative estimate of drug-likeness (QED) is 0.586. The number of nitrogens with zero attached hydrogens (tertiary/aromatic N) is 3. The molecule has 1 aliphatic carbocycles. The van der Waals surface area contributed by atoms with Gasteiger partial charge in [0.15, 0.2) is 17.8 Å². The van der Waals surface area contributed by atoms with E-state index in [9.17, 15) is 4.79 Å². The highest BCUT2D eigenvalue weighted by Crippen LogP contribution is 2.26. The number of carbonyl (C=O) groups is 1. The highest BCUT2D eigenvalue weighted by molar-refractivity contribution is 5.97. The summed E-state index contributed by atoms with van der Waals surface area (Å²) in [5.74, 6) is 0.845. The van der Waals surface area contributed by atoms with Crippen molar-refractivity contribution in [2.45, 2.75) is 25.8 Å². The molecule has 1 aromatic carbocycles. The zero-order valence-electron chi connectivity index (χ0n) is 15.7. The first-order chi connectivity index (χ1) is 13.8. The monoisotopic (exact) mass is 373 g/mol. The van der Waals surface area contributed by atoms with Crippen molar-refractivity contribution in [2.24, 2.45) is 5.92 Å². The van der Waals surface area contributed by atoms with Gasteiger partial charge in [0.1, 0.15) is 0 Å². The molecule has 1 aliphatic rings. The SMILES string of the molecule is O=C(c1ncoc1-c1ccccc1)N(Cc1ccccn1)C[C@@H]1CC=CCC1. The average Bonchev–Trinajstić information content (AvgIpc) is 3.25. The molecular formula is C23H23N3O2. The van der Waals surface area contributed by atoms with E-state index in [1.54, 1.807) is 6.20 Å². The van der Waals surface area contributed by atoms with Gasteiger partial charge in [0, 0.05) is 18.3 Å². The van der Waals surface area contributed by atoms with E-state index in [4.69, 9.17) is 4.42 Å². The molecule has 5 heteroatoms. The number of amides is 1. The van der Waals surface area contributed by atoms with Gasteiger partial charge in [-0.1, -0.05) is 48.6 Å². The van der Waals surface area contributed by atoms with Gasteiger partial charge in [-0.3, -0.25) is 9.78 Å². The van der Waals surface area contributed by atoms with E-state index < -0.39 is 0 Å². The Balaban J connectivity index is 1.61. The van der Waals surface area contributed by atoms with E-state index in [1.165, 1.54) is 6.39 Å². The number of benzene rings is 1. The maximum atomic E-state index is 13.4. The molecule has 2 heterocycles. The zero-order chi connectivity index (χ0) is 19.2. The lowest BCUT2D eigenvalue weighted by Crippen LogP contribution is -2.36. The first-order valence-corrected chi connectivity index (χ1v) is 9.64. The van der Waals surface area contributed by atoms with Crippen molar-refractivity contribution in [3.8, 4) is 11.3 Å². The summed E-state index contributed by atoms with van der Waals surface area (Å²) < 4.78 is 5.58. The van der Waals surface area contributed by atoms with Crippen LogP contribution in [0.15, 0.2) is 77.7 Å². The molecule has 1 atom stereocenters. The molecule has 142 valence electrons. The molecule has 0 saturated heterocycles. The van der Waals surface area contributed by atoms with Crippen LogP contribution >= 0.6 is 0 Å². The summed E-state index contributed by atoms with van der Waals surface area (Å²) in [6.07, 6.45) is 10.7. The van der Waals surface area contributed by atoms with Crippen molar-refractivity contribution >= 4 is 5.91 Å². The largest absolute Gasteiger partial charge is 0.443 e. The topological polar surface area (TPSA) is 59.2 Å². The first-order valence-electron chi connectivity index (χ1n) is 9.64. The van der Waals surface area contributed by atoms with Gasteiger partial charge in [0.25, 0.3) is 5.91 Å². The number of hydrogen-bond acceptors (Lipinski definition) is 4. The summed E-state index contributed by atoms with van der Waals surface area (Å²) in [5.41, 5.74) is 2.07. The Morgan fingerprint density at radius 2 is 1.93 bits per heavy atom. The van der Waals surface area contributed by atoms with Crippen LogP contribution in [0.4, 0.5) is 0 Å². The van der Waals surface area contributed by atoms with Crippen molar-refractivity contribution in [3.05, 3.63) is 84.7 Å². The number of aromatic nitrogens is 2. The molecule has 0 fully saturated rings. The van der Waals surface area contributed by atoms with Crippen LogP contribution < -0.4 is 0 Å². The van der Waals surface area contributed by atoms with Gasteiger partial charge in [-0.25, -0.2) is 4.98 Å². The third kappa shape index (κ3) is 4.19. The Morgan fingerprint density at radius 3 is 2.68 bits per heavy atom. The third-order valence-corrected chi connectivity index (χ3v) is 5.03. The van der Waals surface area contributed by atoms with Gasteiger partial charge in [0.2, 0.25) is 0 Å². The second kappa shape index (κ2) is 8.65. The minimum absolute atomic E-state index is 0.118. The lowest BCUT2D eigenvalue weighted by molar-refractivity contribution is 0.0703. The molecule has 0 saturated carbocycles. The maximum absolute atomic E-state index is 13.4. The van der Waals surface area contributed by atoms with Crippen LogP contribution in [0.2, 0.25) is 0 Å². The lowest BCUT2D eigenvalue weighted by atomic mass is 9.93. The summed E-state index contributed by atoms with van der Waals surface area (Å²) in [7, 11) is 0. The van der Waals surface area contributed by atoms with E-state index in [0.29, 0.717) is 30.5 Å². The van der Waals surface area contributed by atoms with E-state index >= 15 is 0 Å². The second-order valence-corrected chi connectivity index (χ2v) is 7.05. The Bertz CT molecular complexity index is 935. The van der Waals surface area contributed by atoms with Crippen LogP contribution in [0.5, 0.6) is 0 Å². The minimum Gasteiger partial charge on any atom is -0.443 e. The van der Waals surface area contributed by atoms with Crippen molar-refractivity contribution in [1.82, 2.24) is 14.9 Å². The van der Waals surface area contributed by atoms with Gasteiger partial charge in [0.05, 0.1) is 12.2 Å². The average molecular weight is 373 g/mol. The molecule has 4 rings (SSSR count). The van der Waals surface area contributed by atoms with E-state index in [2.05, 4.69) is 22.1 Å². The fraction of sp³-hybridized carbons (Fsp3) is 0.261. The molecule has 0 unspecified atom stereocenters. The fourth-order valence-electron chi connectivity index (χ4n) is 3.58. The van der Waals surface area contributed by atoms with Gasteiger partial charge < -0.3 is 9.32 Å². The molecule has 5 nitrogen and oxygen atoms in total. The number of pyridine rings is 1. The lowest BCUT2D eigenvalue weighted by Gasteiger charge is -2.28. The molecule has 0 radical (unpaired) electrons. The van der Waals surface area contributed by atoms with E-state index in [1.807, 2.05) is 53.4 Å². The van der Waals surface area contributed by atoms with Gasteiger partial charge >= 0.3 is 0 Å². The Morgan fingerprint density at radius 1 is 1.07 bits per heavy atom. The smallest absolute Gasteiger partial charge is 0.276 e. The van der Waals surface area contributed by atoms with E-state index in [-0.39, 0.29) is 5.91 Å². The second-order valence-electron chi connectivity index (χ2n) is 7.05. The number of rotatable bonds is 6. The predicted octanol–water partition coefficient (Wildman–Crippen LogP) is 4.74. The summed E-state index contributed by atoms with van der Waals surface area (Å²) in [6, 6.07) is 15.4. The molecule has 0 aliphatic heterocycles. The number of hydrogen-bond donors (Lipinski definition) is 0. The van der Waals surface area contributed by atoms with Crippen molar-refractivity contribution in [1.29, 1.82) is 0 Å². The molecule has 1 amide bonds. The maximum Gasteiger partial charge on any atom is 0.276 e. The molecule has 2 aromatic heterocycles. The Hall–Kier alpha value is -3.21. The Kier molecular flexibility index (Phi) is 5.61. The molecule has 0 spiro atoms.